The molecule has 126 valence electrons. The van der Waals surface area contributed by atoms with Crippen LogP contribution in [0.3, 0.4) is 0 Å². The highest BCUT2D eigenvalue weighted by molar-refractivity contribution is 14.0. The third-order valence-electron chi connectivity index (χ3n) is 3.22. The van der Waals surface area contributed by atoms with E-state index in [4.69, 9.17) is 11.6 Å². The molecule has 2 rings (SSSR count). The number of aliphatic imine (C=N–C) groups is 1. The van der Waals surface area contributed by atoms with Gasteiger partial charge in [-0.25, -0.2) is 0 Å². The van der Waals surface area contributed by atoms with Crippen molar-refractivity contribution in [2.45, 2.75) is 26.4 Å². The number of nitrogens with one attached hydrogen (secondary N) is 2. The number of benzene rings is 1. The minimum absolute atomic E-state index is 0. The molecule has 0 aliphatic rings. The van der Waals surface area contributed by atoms with Crippen molar-refractivity contribution in [3.8, 4) is 0 Å². The van der Waals surface area contributed by atoms with Crippen LogP contribution in [-0.2, 0) is 13.1 Å². The zero-order chi connectivity index (χ0) is 15.8. The molecule has 0 atom stereocenters. The summed E-state index contributed by atoms with van der Waals surface area (Å²) in [6.07, 6.45) is 4.91. The Labute approximate surface area is 159 Å². The third-order valence-corrected chi connectivity index (χ3v) is 3.47. The van der Waals surface area contributed by atoms with Gasteiger partial charge < -0.3 is 10.6 Å². The lowest BCUT2D eigenvalue weighted by molar-refractivity contribution is 0.570. The van der Waals surface area contributed by atoms with E-state index in [9.17, 15) is 0 Å². The standard InChI is InChI=1S/C16H22ClN5.HI/c1-13-10-21-22(12-13)9-3-8-19-16(18-2)20-11-14-4-6-15(17)7-5-14;/h4-7,10,12H,3,8-9,11H2,1-2H3,(H2,18,19,20);1H. The Balaban J connectivity index is 0.00000264. The fourth-order valence-corrected chi connectivity index (χ4v) is 2.17. The minimum atomic E-state index is 0. The van der Waals surface area contributed by atoms with Crippen LogP contribution in [0.4, 0.5) is 0 Å². The second-order valence-electron chi connectivity index (χ2n) is 5.11. The molecule has 1 aromatic carbocycles. The number of hydrogen-bond donors (Lipinski definition) is 2. The van der Waals surface area contributed by atoms with Crippen LogP contribution in [0.5, 0.6) is 0 Å². The fourth-order valence-electron chi connectivity index (χ4n) is 2.05. The lowest BCUT2D eigenvalue weighted by atomic mass is 10.2. The number of aryl methyl sites for hydroxylation is 2. The molecule has 1 aromatic heterocycles. The average Bonchev–Trinajstić information content (AvgIpc) is 2.94. The van der Waals surface area contributed by atoms with Crippen LogP contribution in [-0.4, -0.2) is 29.3 Å². The average molecular weight is 448 g/mol. The first-order chi connectivity index (χ1) is 10.7. The van der Waals surface area contributed by atoms with E-state index in [1.54, 1.807) is 7.05 Å². The van der Waals surface area contributed by atoms with E-state index in [2.05, 4.69) is 20.7 Å². The Morgan fingerprint density at radius 3 is 2.61 bits per heavy atom. The summed E-state index contributed by atoms with van der Waals surface area (Å²) in [6.45, 7) is 4.51. The van der Waals surface area contributed by atoms with Crippen molar-refractivity contribution in [2.75, 3.05) is 13.6 Å². The molecular formula is C16H23ClIN5. The number of nitrogens with zero attached hydrogens (tertiary/aromatic N) is 3. The second kappa shape index (κ2) is 10.5. The van der Waals surface area contributed by atoms with Gasteiger partial charge in [0.1, 0.15) is 0 Å². The van der Waals surface area contributed by atoms with Crippen molar-refractivity contribution in [3.05, 3.63) is 52.8 Å². The van der Waals surface area contributed by atoms with Gasteiger partial charge in [0.2, 0.25) is 0 Å². The van der Waals surface area contributed by atoms with Crippen LogP contribution in [0.25, 0.3) is 0 Å². The second-order valence-corrected chi connectivity index (χ2v) is 5.55. The molecule has 0 bridgehead atoms. The van der Waals surface area contributed by atoms with Gasteiger partial charge in [-0.1, -0.05) is 23.7 Å². The van der Waals surface area contributed by atoms with Gasteiger partial charge in [0.15, 0.2) is 5.96 Å². The van der Waals surface area contributed by atoms with Crippen molar-refractivity contribution in [3.63, 3.8) is 0 Å². The van der Waals surface area contributed by atoms with Crippen molar-refractivity contribution >= 4 is 41.5 Å². The minimum Gasteiger partial charge on any atom is -0.356 e. The Bertz CT molecular complexity index is 609. The summed E-state index contributed by atoms with van der Waals surface area (Å²) in [4.78, 5) is 4.22. The van der Waals surface area contributed by atoms with Crippen LogP contribution in [0, 0.1) is 6.92 Å². The molecular weight excluding hydrogens is 425 g/mol. The van der Waals surface area contributed by atoms with Gasteiger partial charge in [-0.2, -0.15) is 5.10 Å². The quantitative estimate of drug-likeness (QED) is 0.309. The van der Waals surface area contributed by atoms with E-state index in [1.165, 1.54) is 11.1 Å². The van der Waals surface area contributed by atoms with Crippen LogP contribution in [0.15, 0.2) is 41.7 Å². The monoisotopic (exact) mass is 447 g/mol. The summed E-state index contributed by atoms with van der Waals surface area (Å²) in [7, 11) is 1.77. The van der Waals surface area contributed by atoms with E-state index in [1.807, 2.05) is 48.3 Å². The molecule has 0 saturated heterocycles. The van der Waals surface area contributed by atoms with Crippen molar-refractivity contribution in [1.29, 1.82) is 0 Å². The molecule has 2 aromatic rings. The number of guanidine groups is 1. The Hall–Kier alpha value is -1.28. The largest absolute Gasteiger partial charge is 0.356 e. The molecule has 7 heteroatoms. The van der Waals surface area contributed by atoms with Gasteiger partial charge >= 0.3 is 0 Å². The van der Waals surface area contributed by atoms with Gasteiger partial charge in [0.05, 0.1) is 6.20 Å². The lowest BCUT2D eigenvalue weighted by Gasteiger charge is -2.12. The van der Waals surface area contributed by atoms with Crippen LogP contribution >= 0.6 is 35.6 Å². The molecule has 2 N–H and O–H groups in total. The first-order valence-corrected chi connectivity index (χ1v) is 7.73. The molecule has 0 radical (unpaired) electrons. The molecule has 0 aliphatic carbocycles. The maximum absolute atomic E-state index is 5.87. The highest BCUT2D eigenvalue weighted by Crippen LogP contribution is 2.08. The molecule has 23 heavy (non-hydrogen) atoms. The predicted octanol–water partition coefficient (Wildman–Crippen LogP) is 3.22. The number of halogens is 2. The normalized spacial score (nSPS) is 11.0. The summed E-state index contributed by atoms with van der Waals surface area (Å²) in [5.41, 5.74) is 2.35. The maximum Gasteiger partial charge on any atom is 0.191 e. The van der Waals surface area contributed by atoms with Gasteiger partial charge in [0.25, 0.3) is 0 Å². The van der Waals surface area contributed by atoms with E-state index in [-0.39, 0.29) is 24.0 Å². The maximum atomic E-state index is 5.87. The van der Waals surface area contributed by atoms with Gasteiger partial charge in [-0.15, -0.1) is 24.0 Å². The molecule has 0 saturated carbocycles. The smallest absolute Gasteiger partial charge is 0.191 e. The summed E-state index contributed by atoms with van der Waals surface area (Å²) < 4.78 is 1.96. The zero-order valence-corrected chi connectivity index (χ0v) is 16.5. The summed E-state index contributed by atoms with van der Waals surface area (Å²) >= 11 is 5.87. The van der Waals surface area contributed by atoms with Gasteiger partial charge in [0, 0.05) is 37.9 Å². The van der Waals surface area contributed by atoms with Crippen molar-refractivity contribution in [1.82, 2.24) is 20.4 Å². The van der Waals surface area contributed by atoms with Crippen molar-refractivity contribution < 1.29 is 0 Å². The highest BCUT2D eigenvalue weighted by Gasteiger charge is 1.99. The molecule has 0 unspecified atom stereocenters. The topological polar surface area (TPSA) is 54.2 Å². The number of hydrogen-bond acceptors (Lipinski definition) is 2. The lowest BCUT2D eigenvalue weighted by Crippen LogP contribution is -2.37. The van der Waals surface area contributed by atoms with Crippen LogP contribution in [0.1, 0.15) is 17.5 Å². The SMILES string of the molecule is CN=C(NCCCn1cc(C)cn1)NCc1ccc(Cl)cc1.I. The molecule has 0 spiro atoms. The van der Waals surface area contributed by atoms with Crippen LogP contribution < -0.4 is 10.6 Å². The van der Waals surface area contributed by atoms with E-state index in [0.717, 1.165) is 37.0 Å². The molecule has 1 heterocycles. The molecule has 5 nitrogen and oxygen atoms in total. The molecule has 0 amide bonds. The van der Waals surface area contributed by atoms with E-state index < -0.39 is 0 Å². The first kappa shape index (κ1) is 19.8. The first-order valence-electron chi connectivity index (χ1n) is 7.35. The number of aromatic nitrogens is 2. The molecule has 0 fully saturated rings. The highest BCUT2D eigenvalue weighted by atomic mass is 127. The van der Waals surface area contributed by atoms with Crippen LogP contribution in [0.2, 0.25) is 5.02 Å². The fraction of sp³-hybridized carbons (Fsp3) is 0.375. The number of rotatable bonds is 6. The zero-order valence-electron chi connectivity index (χ0n) is 13.4. The third kappa shape index (κ3) is 7.22. The Morgan fingerprint density at radius 1 is 1.26 bits per heavy atom. The van der Waals surface area contributed by atoms with Gasteiger partial charge in [-0.3, -0.25) is 9.67 Å². The van der Waals surface area contributed by atoms with Gasteiger partial charge in [-0.05, 0) is 36.6 Å². The Kier molecular flexibility index (Phi) is 9.01. The summed E-state index contributed by atoms with van der Waals surface area (Å²) in [5, 5.41) is 11.6. The summed E-state index contributed by atoms with van der Waals surface area (Å²) in [6, 6.07) is 7.78. The molecule has 0 aliphatic heterocycles. The van der Waals surface area contributed by atoms with Crippen molar-refractivity contribution in [2.24, 2.45) is 4.99 Å². The predicted molar refractivity (Wildman–Crippen MR) is 107 cm³/mol. The Morgan fingerprint density at radius 2 is 2.00 bits per heavy atom. The summed E-state index contributed by atoms with van der Waals surface area (Å²) in [5.74, 6) is 0.798. The van der Waals surface area contributed by atoms with E-state index >= 15 is 0 Å². The van der Waals surface area contributed by atoms with E-state index in [0.29, 0.717) is 0 Å².